The van der Waals surface area contributed by atoms with Crippen LogP contribution in [0.3, 0.4) is 0 Å². The molecule has 0 aliphatic heterocycles. The van der Waals surface area contributed by atoms with Crippen LogP contribution in [0.2, 0.25) is 0 Å². The molecule has 2 heterocycles. The number of carboxylic acids is 1. The Labute approximate surface area is 103 Å². The molecule has 0 saturated heterocycles. The highest BCUT2D eigenvalue weighted by Crippen LogP contribution is 2.14. The van der Waals surface area contributed by atoms with Gasteiger partial charge in [-0.25, -0.2) is 0 Å². The van der Waals surface area contributed by atoms with E-state index in [1.165, 1.54) is 10.6 Å². The zero-order chi connectivity index (χ0) is 13.4. The highest BCUT2D eigenvalue weighted by molar-refractivity contribution is 5.69. The van der Waals surface area contributed by atoms with Gasteiger partial charge in [0.1, 0.15) is 5.65 Å². The van der Waals surface area contributed by atoms with Gasteiger partial charge in [0.05, 0.1) is 12.1 Å². The molecule has 0 spiro atoms. The lowest BCUT2D eigenvalue weighted by atomic mass is 10.1. The fraction of sp³-hybridized carbons (Fsp3) is 0.417. The van der Waals surface area contributed by atoms with Crippen molar-refractivity contribution in [3.63, 3.8) is 0 Å². The summed E-state index contributed by atoms with van der Waals surface area (Å²) >= 11 is 0. The van der Waals surface area contributed by atoms with E-state index < -0.39 is 5.97 Å². The van der Waals surface area contributed by atoms with E-state index in [2.05, 4.69) is 5.10 Å². The zero-order valence-corrected chi connectivity index (χ0v) is 10.5. The number of nitrogens with zero attached hydrogens (tertiary/aromatic N) is 3. The SMILES string of the molecule is CC(C)c1cc2n(C)c(CC(=O)O)cc(=O)n2n1. The van der Waals surface area contributed by atoms with Crippen LogP contribution in [0.4, 0.5) is 0 Å². The second-order valence-corrected chi connectivity index (χ2v) is 4.60. The average molecular weight is 249 g/mol. The van der Waals surface area contributed by atoms with Gasteiger partial charge in [-0.1, -0.05) is 13.8 Å². The van der Waals surface area contributed by atoms with Gasteiger partial charge in [-0.2, -0.15) is 9.61 Å². The number of fused-ring (bicyclic) bond motifs is 1. The van der Waals surface area contributed by atoms with Crippen molar-refractivity contribution in [3.8, 4) is 0 Å². The Kier molecular flexibility index (Phi) is 2.94. The molecule has 2 rings (SSSR count). The van der Waals surface area contributed by atoms with E-state index in [1.54, 1.807) is 11.6 Å². The van der Waals surface area contributed by atoms with Crippen LogP contribution in [0.1, 0.15) is 31.2 Å². The van der Waals surface area contributed by atoms with Crippen LogP contribution in [0.25, 0.3) is 5.65 Å². The van der Waals surface area contributed by atoms with E-state index in [0.717, 1.165) is 5.69 Å². The molecule has 1 N–H and O–H groups in total. The molecule has 0 aliphatic carbocycles. The molecule has 0 saturated carbocycles. The number of carbonyl (C=O) groups is 1. The normalized spacial score (nSPS) is 11.3. The van der Waals surface area contributed by atoms with Gasteiger partial charge < -0.3 is 9.67 Å². The van der Waals surface area contributed by atoms with E-state index in [1.807, 2.05) is 19.9 Å². The first-order valence-electron chi connectivity index (χ1n) is 5.70. The summed E-state index contributed by atoms with van der Waals surface area (Å²) in [5, 5.41) is 13.0. The summed E-state index contributed by atoms with van der Waals surface area (Å²) < 4.78 is 3.00. The summed E-state index contributed by atoms with van der Waals surface area (Å²) in [6.45, 7) is 3.98. The molecule has 96 valence electrons. The number of hydrogen-bond donors (Lipinski definition) is 1. The number of aromatic nitrogens is 3. The van der Waals surface area contributed by atoms with Crippen molar-refractivity contribution in [3.05, 3.63) is 33.9 Å². The molecule has 0 atom stereocenters. The Morgan fingerprint density at radius 1 is 1.44 bits per heavy atom. The summed E-state index contributed by atoms with van der Waals surface area (Å²) in [6, 6.07) is 3.13. The second-order valence-electron chi connectivity index (χ2n) is 4.60. The van der Waals surface area contributed by atoms with E-state index >= 15 is 0 Å². The van der Waals surface area contributed by atoms with E-state index in [-0.39, 0.29) is 17.9 Å². The van der Waals surface area contributed by atoms with Gasteiger partial charge in [-0.15, -0.1) is 0 Å². The molecule has 0 fully saturated rings. The molecule has 0 amide bonds. The number of hydrogen-bond acceptors (Lipinski definition) is 3. The molecule has 2 aromatic heterocycles. The van der Waals surface area contributed by atoms with Gasteiger partial charge in [-0.05, 0) is 5.92 Å². The van der Waals surface area contributed by atoms with Crippen molar-refractivity contribution in [1.82, 2.24) is 14.2 Å². The lowest BCUT2D eigenvalue weighted by Gasteiger charge is -2.07. The van der Waals surface area contributed by atoms with Crippen LogP contribution in [0.5, 0.6) is 0 Å². The molecule has 0 aromatic carbocycles. The highest BCUT2D eigenvalue weighted by atomic mass is 16.4. The molecule has 6 heteroatoms. The van der Waals surface area contributed by atoms with Gasteiger partial charge in [0.25, 0.3) is 5.56 Å². The van der Waals surface area contributed by atoms with Gasteiger partial charge in [0, 0.05) is 24.9 Å². The van der Waals surface area contributed by atoms with Crippen LogP contribution in [0.15, 0.2) is 16.9 Å². The lowest BCUT2D eigenvalue weighted by molar-refractivity contribution is -0.136. The Balaban J connectivity index is 2.69. The third kappa shape index (κ3) is 2.01. The Morgan fingerprint density at radius 3 is 2.67 bits per heavy atom. The number of carboxylic acid groups (broad SMARTS) is 1. The van der Waals surface area contributed by atoms with Crippen LogP contribution < -0.4 is 5.56 Å². The zero-order valence-electron chi connectivity index (χ0n) is 10.5. The van der Waals surface area contributed by atoms with Crippen molar-refractivity contribution in [2.75, 3.05) is 0 Å². The second kappa shape index (κ2) is 4.29. The van der Waals surface area contributed by atoms with Crippen LogP contribution in [-0.4, -0.2) is 25.3 Å². The maximum atomic E-state index is 11.9. The molecule has 6 nitrogen and oxygen atoms in total. The Bertz CT molecular complexity index is 667. The van der Waals surface area contributed by atoms with Crippen molar-refractivity contribution in [2.24, 2.45) is 7.05 Å². The topological polar surface area (TPSA) is 76.6 Å². The number of aliphatic carboxylic acids is 1. The quantitative estimate of drug-likeness (QED) is 0.872. The van der Waals surface area contributed by atoms with Crippen molar-refractivity contribution < 1.29 is 9.90 Å². The maximum Gasteiger partial charge on any atom is 0.309 e. The average Bonchev–Trinajstić information content (AvgIpc) is 2.70. The summed E-state index contributed by atoms with van der Waals surface area (Å²) in [6.07, 6.45) is -0.176. The van der Waals surface area contributed by atoms with Gasteiger partial charge >= 0.3 is 5.97 Å². The minimum Gasteiger partial charge on any atom is -0.481 e. The van der Waals surface area contributed by atoms with Crippen molar-refractivity contribution in [2.45, 2.75) is 26.2 Å². The first-order valence-corrected chi connectivity index (χ1v) is 5.70. The Hall–Kier alpha value is -2.11. The fourth-order valence-electron chi connectivity index (χ4n) is 1.84. The number of aryl methyl sites for hydroxylation is 1. The maximum absolute atomic E-state index is 11.9. The van der Waals surface area contributed by atoms with E-state index in [4.69, 9.17) is 5.11 Å². The van der Waals surface area contributed by atoms with Crippen molar-refractivity contribution in [1.29, 1.82) is 0 Å². The van der Waals surface area contributed by atoms with Crippen LogP contribution in [0, 0.1) is 0 Å². The summed E-state index contributed by atoms with van der Waals surface area (Å²) in [7, 11) is 1.73. The minimum atomic E-state index is -0.960. The molecule has 2 aromatic rings. The van der Waals surface area contributed by atoms with E-state index in [0.29, 0.717) is 11.3 Å². The van der Waals surface area contributed by atoms with Gasteiger partial charge in [0.2, 0.25) is 0 Å². The predicted molar refractivity (Wildman–Crippen MR) is 65.9 cm³/mol. The summed E-state index contributed by atoms with van der Waals surface area (Å²) in [5.41, 5.74) is 1.60. The minimum absolute atomic E-state index is 0.176. The monoisotopic (exact) mass is 249 g/mol. The molecular weight excluding hydrogens is 234 g/mol. The van der Waals surface area contributed by atoms with Gasteiger partial charge in [0.15, 0.2) is 0 Å². The lowest BCUT2D eigenvalue weighted by Crippen LogP contribution is -2.21. The summed E-state index contributed by atoms with van der Waals surface area (Å²) in [4.78, 5) is 22.6. The fourth-order valence-corrected chi connectivity index (χ4v) is 1.84. The first-order chi connectivity index (χ1) is 8.40. The number of rotatable bonds is 3. The third-order valence-corrected chi connectivity index (χ3v) is 2.91. The molecule has 0 bridgehead atoms. The predicted octanol–water partition coefficient (Wildman–Crippen LogP) is 0.783. The van der Waals surface area contributed by atoms with Gasteiger partial charge in [-0.3, -0.25) is 9.59 Å². The Morgan fingerprint density at radius 2 is 2.11 bits per heavy atom. The molecular formula is C12H15N3O3. The highest BCUT2D eigenvalue weighted by Gasteiger charge is 2.13. The third-order valence-electron chi connectivity index (χ3n) is 2.91. The van der Waals surface area contributed by atoms with Crippen LogP contribution >= 0.6 is 0 Å². The molecule has 0 unspecified atom stereocenters. The smallest absolute Gasteiger partial charge is 0.309 e. The molecule has 0 aliphatic rings. The molecule has 18 heavy (non-hydrogen) atoms. The molecule has 0 radical (unpaired) electrons. The standard InChI is InChI=1S/C12H15N3O3/c1-7(2)9-6-10-14(3)8(5-12(17)18)4-11(16)15(10)13-9/h4,6-7H,5H2,1-3H3,(H,17,18). The summed E-state index contributed by atoms with van der Waals surface area (Å²) in [5.74, 6) is -0.745. The first kappa shape index (κ1) is 12.3. The van der Waals surface area contributed by atoms with Crippen molar-refractivity contribution >= 4 is 11.6 Å². The van der Waals surface area contributed by atoms with E-state index in [9.17, 15) is 9.59 Å². The largest absolute Gasteiger partial charge is 0.481 e. The van der Waals surface area contributed by atoms with Crippen LogP contribution in [-0.2, 0) is 18.3 Å².